The highest BCUT2D eigenvalue weighted by Gasteiger charge is 2.20. The second-order valence-electron chi connectivity index (χ2n) is 10.2. The van der Waals surface area contributed by atoms with Crippen molar-refractivity contribution in [3.8, 4) is 0 Å². The van der Waals surface area contributed by atoms with Crippen LogP contribution >= 0.6 is 11.3 Å². The second-order valence-corrected chi connectivity index (χ2v) is 11.1. The van der Waals surface area contributed by atoms with Crippen molar-refractivity contribution < 1.29 is 13.9 Å². The van der Waals surface area contributed by atoms with E-state index in [-0.39, 0.29) is 24.1 Å². The summed E-state index contributed by atoms with van der Waals surface area (Å²) in [5, 5.41) is 3.89. The van der Waals surface area contributed by atoms with Gasteiger partial charge in [-0.2, -0.15) is 0 Å². The Balaban J connectivity index is 1.23. The maximum atomic E-state index is 14.2. The summed E-state index contributed by atoms with van der Waals surface area (Å²) in [5.41, 5.74) is 9.01. The first-order valence-electron chi connectivity index (χ1n) is 13.6. The minimum Gasteiger partial charge on any atom is -0.444 e. The number of anilines is 2. The molecule has 2 aromatic carbocycles. The lowest BCUT2D eigenvalue weighted by Crippen LogP contribution is -2.47. The molecule has 2 aromatic heterocycles. The van der Waals surface area contributed by atoms with Crippen molar-refractivity contribution in [2.24, 2.45) is 0 Å². The fourth-order valence-corrected chi connectivity index (χ4v) is 6.08. The van der Waals surface area contributed by atoms with Crippen LogP contribution in [0.25, 0.3) is 21.0 Å². The first kappa shape index (κ1) is 27.1. The maximum absolute atomic E-state index is 14.2. The van der Waals surface area contributed by atoms with E-state index < -0.39 is 0 Å². The molecule has 0 bridgehead atoms. The van der Waals surface area contributed by atoms with Gasteiger partial charge < -0.3 is 15.4 Å². The topological polar surface area (TPSA) is 80.8 Å². The van der Waals surface area contributed by atoms with Gasteiger partial charge >= 0.3 is 5.97 Å². The molecule has 5 rings (SSSR count). The van der Waals surface area contributed by atoms with Gasteiger partial charge in [0.15, 0.2) is 6.73 Å². The van der Waals surface area contributed by atoms with Crippen molar-refractivity contribution in [1.29, 1.82) is 0 Å². The van der Waals surface area contributed by atoms with E-state index in [4.69, 9.17) is 10.5 Å². The predicted octanol–water partition coefficient (Wildman–Crippen LogP) is 5.38. The highest BCUT2D eigenvalue weighted by Crippen LogP contribution is 2.32. The van der Waals surface area contributed by atoms with Crippen LogP contribution in [0.4, 0.5) is 15.8 Å². The monoisotopic (exact) mass is 550 g/mol. The fourth-order valence-electron chi connectivity index (χ4n) is 5.25. The number of carbonyl (C=O) groups excluding carboxylic acids is 1. The largest absolute Gasteiger partial charge is 0.444 e. The first-order chi connectivity index (χ1) is 18.9. The Hall–Kier alpha value is -3.43. The highest BCUT2D eigenvalue weighted by atomic mass is 32.1. The summed E-state index contributed by atoms with van der Waals surface area (Å²) in [4.78, 5) is 29.6. The van der Waals surface area contributed by atoms with Crippen LogP contribution in [0.5, 0.6) is 0 Å². The number of ether oxygens (including phenoxy) is 1. The van der Waals surface area contributed by atoms with Gasteiger partial charge in [0.05, 0.1) is 5.52 Å². The summed E-state index contributed by atoms with van der Waals surface area (Å²) in [7, 11) is 0. The van der Waals surface area contributed by atoms with E-state index in [1.54, 1.807) is 23.5 Å². The minimum atomic E-state index is -0.298. The molecule has 1 aliphatic heterocycles. The van der Waals surface area contributed by atoms with E-state index in [1.807, 2.05) is 23.6 Å². The van der Waals surface area contributed by atoms with Gasteiger partial charge in [-0.15, -0.1) is 11.3 Å². The van der Waals surface area contributed by atoms with Crippen LogP contribution in [0.2, 0.25) is 0 Å². The van der Waals surface area contributed by atoms with Crippen LogP contribution < -0.4 is 16.2 Å². The summed E-state index contributed by atoms with van der Waals surface area (Å²) >= 11 is 1.57. The molecule has 1 saturated heterocycles. The van der Waals surface area contributed by atoms with E-state index >= 15 is 0 Å². The molecule has 0 spiro atoms. The Morgan fingerprint density at radius 1 is 1.05 bits per heavy atom. The molecule has 0 amide bonds. The van der Waals surface area contributed by atoms with Crippen LogP contribution in [0.3, 0.4) is 0 Å². The zero-order chi connectivity index (χ0) is 27.4. The van der Waals surface area contributed by atoms with Crippen molar-refractivity contribution in [3.63, 3.8) is 0 Å². The van der Waals surface area contributed by atoms with Gasteiger partial charge in [-0.25, -0.2) is 4.39 Å². The lowest BCUT2D eigenvalue weighted by molar-refractivity contribution is -0.147. The molecule has 0 saturated carbocycles. The first-order valence-corrected chi connectivity index (χ1v) is 14.5. The number of hydrogen-bond acceptors (Lipinski definition) is 7. The van der Waals surface area contributed by atoms with E-state index in [9.17, 15) is 14.0 Å². The number of rotatable bonds is 10. The number of hydrogen-bond donors (Lipinski definition) is 1. The van der Waals surface area contributed by atoms with Crippen molar-refractivity contribution in [2.75, 3.05) is 43.4 Å². The van der Waals surface area contributed by atoms with Gasteiger partial charge in [-0.05, 0) is 48.1 Å². The molecule has 0 unspecified atom stereocenters. The lowest BCUT2D eigenvalue weighted by atomic mass is 10.1. The maximum Gasteiger partial charge on any atom is 0.307 e. The van der Waals surface area contributed by atoms with E-state index in [2.05, 4.69) is 22.8 Å². The zero-order valence-corrected chi connectivity index (χ0v) is 23.1. The number of carbonyl (C=O) groups is 1. The molecule has 4 aromatic rings. The number of halogens is 1. The SMILES string of the molecule is CCCCCC(=O)OCn1c(=O)cc(N)c2ccc(CCN3CCN(c4cc(F)cc5sccc45)CC3)cc21. The third-order valence-electron chi connectivity index (χ3n) is 7.49. The van der Waals surface area contributed by atoms with Gasteiger partial charge in [-0.1, -0.05) is 31.9 Å². The highest BCUT2D eigenvalue weighted by molar-refractivity contribution is 7.17. The number of nitrogens with two attached hydrogens (primary N) is 1. The molecule has 0 radical (unpaired) electrons. The smallest absolute Gasteiger partial charge is 0.307 e. The Morgan fingerprint density at radius 3 is 2.67 bits per heavy atom. The summed E-state index contributed by atoms with van der Waals surface area (Å²) in [5.74, 6) is -0.488. The Morgan fingerprint density at radius 2 is 1.87 bits per heavy atom. The number of fused-ring (bicyclic) bond motifs is 2. The lowest BCUT2D eigenvalue weighted by Gasteiger charge is -2.36. The van der Waals surface area contributed by atoms with Gasteiger partial charge in [-0.3, -0.25) is 19.1 Å². The molecule has 1 aliphatic rings. The predicted molar refractivity (Wildman–Crippen MR) is 157 cm³/mol. The van der Waals surface area contributed by atoms with Crippen LogP contribution in [-0.4, -0.2) is 48.2 Å². The number of aromatic nitrogens is 1. The molecule has 7 nitrogen and oxygen atoms in total. The van der Waals surface area contributed by atoms with Gasteiger partial charge in [0.1, 0.15) is 5.82 Å². The molecule has 39 heavy (non-hydrogen) atoms. The number of nitrogens with zero attached hydrogens (tertiary/aromatic N) is 3. The summed E-state index contributed by atoms with van der Waals surface area (Å²) in [6.45, 7) is 6.29. The van der Waals surface area contributed by atoms with Gasteiger partial charge in [0.2, 0.25) is 0 Å². The number of nitrogen functional groups attached to an aromatic ring is 1. The Kier molecular flexibility index (Phi) is 8.47. The van der Waals surface area contributed by atoms with Gasteiger partial charge in [0, 0.05) is 72.1 Å². The molecule has 2 N–H and O–H groups in total. The Bertz CT molecular complexity index is 1520. The summed E-state index contributed by atoms with van der Waals surface area (Å²) < 4.78 is 22.1. The number of piperazine rings is 1. The quantitative estimate of drug-likeness (QED) is 0.211. The third kappa shape index (κ3) is 6.25. The van der Waals surface area contributed by atoms with Crippen LogP contribution in [0.1, 0.15) is 38.2 Å². The number of thiophene rings is 1. The van der Waals surface area contributed by atoms with Crippen LogP contribution in [0, 0.1) is 5.82 Å². The summed E-state index contributed by atoms with van der Waals surface area (Å²) in [6.07, 6.45) is 3.95. The summed E-state index contributed by atoms with van der Waals surface area (Å²) in [6, 6.07) is 12.7. The molecular weight excluding hydrogens is 515 g/mol. The van der Waals surface area contributed by atoms with Crippen LogP contribution in [-0.2, 0) is 22.7 Å². The van der Waals surface area contributed by atoms with Crippen molar-refractivity contribution in [3.05, 3.63) is 69.6 Å². The van der Waals surface area contributed by atoms with Crippen molar-refractivity contribution >= 4 is 49.7 Å². The zero-order valence-electron chi connectivity index (χ0n) is 22.3. The molecule has 206 valence electrons. The van der Waals surface area contributed by atoms with Gasteiger partial charge in [0.25, 0.3) is 5.56 Å². The molecule has 0 atom stereocenters. The molecule has 9 heteroatoms. The number of benzene rings is 2. The van der Waals surface area contributed by atoms with Crippen LogP contribution in [0.15, 0.2) is 52.6 Å². The molecule has 1 fully saturated rings. The number of esters is 1. The standard InChI is InChI=1S/C30H35FN4O3S/c1-2-3-4-5-30(37)38-20-35-27-16-21(6-7-23(27)25(32)19-29(35)36)8-10-33-11-13-34(14-12-33)26-17-22(31)18-28-24(26)9-15-39-28/h6-7,9,15-19H,2-5,8,10-14,20,32H2,1H3. The normalized spacial score (nSPS) is 14.4. The van der Waals surface area contributed by atoms with E-state index in [0.717, 1.165) is 85.1 Å². The number of pyridine rings is 1. The van der Waals surface area contributed by atoms with E-state index in [0.29, 0.717) is 17.6 Å². The number of unbranched alkanes of at least 4 members (excludes halogenated alkanes) is 2. The Labute approximate surface area is 231 Å². The average Bonchev–Trinajstić information content (AvgIpc) is 3.40. The van der Waals surface area contributed by atoms with Crippen molar-refractivity contribution in [1.82, 2.24) is 9.47 Å². The van der Waals surface area contributed by atoms with E-state index in [1.165, 1.54) is 10.6 Å². The minimum absolute atomic E-state index is 0.122. The fraction of sp³-hybridized carbons (Fsp3) is 0.400. The van der Waals surface area contributed by atoms with Crippen molar-refractivity contribution in [2.45, 2.75) is 45.8 Å². The molecular formula is C30H35FN4O3S. The third-order valence-corrected chi connectivity index (χ3v) is 8.36. The average molecular weight is 551 g/mol. The molecule has 3 heterocycles. The molecule has 0 aliphatic carbocycles. The second kappa shape index (κ2) is 12.2.